The number of hydrogen-bond donors (Lipinski definition) is 2. The molecule has 4 heterocycles. The largest absolute Gasteiger partial charge is 0.370 e. The normalized spacial score (nSPS) is 20.5. The van der Waals surface area contributed by atoms with Gasteiger partial charge in [0.25, 0.3) is 5.91 Å². The predicted octanol–water partition coefficient (Wildman–Crippen LogP) is 4.37. The van der Waals surface area contributed by atoms with Gasteiger partial charge in [0.2, 0.25) is 5.91 Å². The molecule has 11 heteroatoms. The number of aromatic nitrogens is 4. The maximum absolute atomic E-state index is 12.8. The zero-order valence-corrected chi connectivity index (χ0v) is 22.5. The van der Waals surface area contributed by atoms with Crippen LogP contribution in [0.2, 0.25) is 5.02 Å². The van der Waals surface area contributed by atoms with Crippen molar-refractivity contribution in [1.29, 1.82) is 0 Å². The average Bonchev–Trinajstić information content (AvgIpc) is 3.88. The van der Waals surface area contributed by atoms with Crippen molar-refractivity contribution in [1.82, 2.24) is 19.4 Å². The van der Waals surface area contributed by atoms with Gasteiger partial charge in [0, 0.05) is 35.9 Å². The molecule has 40 heavy (non-hydrogen) atoms. The first kappa shape index (κ1) is 25.0. The quantitative estimate of drug-likeness (QED) is 0.330. The third-order valence-corrected chi connectivity index (χ3v) is 7.94. The summed E-state index contributed by atoms with van der Waals surface area (Å²) >= 11 is 6.11. The zero-order chi connectivity index (χ0) is 27.2. The number of carbonyl (C=O) groups is 2. The van der Waals surface area contributed by atoms with E-state index in [1.807, 2.05) is 34.9 Å². The number of fused-ring (bicyclic) bond motifs is 1. The van der Waals surface area contributed by atoms with Gasteiger partial charge in [-0.2, -0.15) is 0 Å². The number of morpholine rings is 1. The fraction of sp³-hybridized carbons (Fsp3) is 0.345. The molecule has 2 amide bonds. The second kappa shape index (κ2) is 10.2. The monoisotopic (exact) mass is 557 g/mol. The molecule has 0 unspecified atom stereocenters. The summed E-state index contributed by atoms with van der Waals surface area (Å²) in [7, 11) is 0. The number of nitrogens with zero attached hydrogens (tertiary/aromatic N) is 5. The number of nitrogens with one attached hydrogen (secondary N) is 2. The molecule has 3 aromatic heterocycles. The molecule has 2 atom stereocenters. The molecule has 3 fully saturated rings. The molecule has 3 aliphatic rings. The summed E-state index contributed by atoms with van der Waals surface area (Å²) in [5, 5.41) is 6.88. The van der Waals surface area contributed by atoms with Crippen LogP contribution < -0.4 is 15.5 Å². The van der Waals surface area contributed by atoms with E-state index in [2.05, 4.69) is 32.9 Å². The smallest absolute Gasteiger partial charge is 0.253 e. The van der Waals surface area contributed by atoms with Crippen LogP contribution in [-0.2, 0) is 20.9 Å². The third-order valence-electron chi connectivity index (χ3n) is 7.70. The predicted molar refractivity (Wildman–Crippen MR) is 151 cm³/mol. The molecule has 2 aliphatic carbocycles. The maximum Gasteiger partial charge on any atom is 0.253 e. The summed E-state index contributed by atoms with van der Waals surface area (Å²) in [5.41, 5.74) is 4.68. The molecule has 204 valence electrons. The molecule has 2 N–H and O–H groups in total. The standard InChI is InChI=1S/C29H28ClN7O3/c30-20-3-1-2-18(8-20)22-10-23(22)29(39)35-26-11-25(32-16-33-26)31-12-21-14-36-13-19(17-4-5-17)9-24(28(36)34-21)37-6-7-40-15-27(37)38/h1-3,8-9,11,13-14,16-17,22-23H,4-7,10,12,15H2,(H2,31,32,33,35,39)/t22-,23+/m0/s1. The zero-order valence-electron chi connectivity index (χ0n) is 21.7. The maximum atomic E-state index is 12.8. The summed E-state index contributed by atoms with van der Waals surface area (Å²) in [6.07, 6.45) is 8.64. The van der Waals surface area contributed by atoms with E-state index in [4.69, 9.17) is 21.3 Å². The number of benzene rings is 1. The van der Waals surface area contributed by atoms with Crippen LogP contribution in [0.15, 0.2) is 55.1 Å². The Kier molecular flexibility index (Phi) is 6.36. The van der Waals surface area contributed by atoms with Crippen LogP contribution in [-0.4, -0.2) is 50.9 Å². The van der Waals surface area contributed by atoms with Gasteiger partial charge in [0.1, 0.15) is 24.6 Å². The van der Waals surface area contributed by atoms with Gasteiger partial charge in [0.05, 0.1) is 24.5 Å². The minimum Gasteiger partial charge on any atom is -0.370 e. The van der Waals surface area contributed by atoms with E-state index in [1.54, 1.807) is 11.0 Å². The average molecular weight is 558 g/mol. The van der Waals surface area contributed by atoms with Crippen molar-refractivity contribution in [2.75, 3.05) is 35.3 Å². The Hall–Kier alpha value is -4.02. The Morgan fingerprint density at radius 3 is 2.80 bits per heavy atom. The molecule has 0 spiro atoms. The number of imidazole rings is 1. The molecule has 0 bridgehead atoms. The summed E-state index contributed by atoms with van der Waals surface area (Å²) in [6.45, 7) is 1.53. The minimum atomic E-state index is -0.101. The lowest BCUT2D eigenvalue weighted by Gasteiger charge is -2.27. The van der Waals surface area contributed by atoms with E-state index < -0.39 is 0 Å². The first-order valence-corrected chi connectivity index (χ1v) is 13.9. The highest BCUT2D eigenvalue weighted by atomic mass is 35.5. The number of rotatable bonds is 8. The Bertz CT molecular complexity index is 1620. The number of pyridine rings is 1. The lowest BCUT2D eigenvalue weighted by Crippen LogP contribution is -2.42. The van der Waals surface area contributed by atoms with Crippen molar-refractivity contribution in [3.8, 4) is 0 Å². The van der Waals surface area contributed by atoms with Crippen LogP contribution in [0, 0.1) is 5.92 Å². The van der Waals surface area contributed by atoms with Gasteiger partial charge < -0.3 is 24.7 Å². The van der Waals surface area contributed by atoms with Crippen LogP contribution in [0.3, 0.4) is 0 Å². The van der Waals surface area contributed by atoms with Gasteiger partial charge in [-0.1, -0.05) is 23.7 Å². The van der Waals surface area contributed by atoms with Gasteiger partial charge in [-0.05, 0) is 60.4 Å². The number of amides is 2. The first-order chi connectivity index (χ1) is 19.5. The molecule has 1 saturated heterocycles. The highest BCUT2D eigenvalue weighted by Gasteiger charge is 2.44. The number of hydrogen-bond acceptors (Lipinski definition) is 7. The molecule has 2 saturated carbocycles. The Balaban J connectivity index is 1.04. The Morgan fingerprint density at radius 1 is 1.10 bits per heavy atom. The van der Waals surface area contributed by atoms with Crippen molar-refractivity contribution >= 4 is 46.4 Å². The fourth-order valence-electron chi connectivity index (χ4n) is 5.36. The van der Waals surface area contributed by atoms with Crippen molar-refractivity contribution in [2.24, 2.45) is 5.92 Å². The lowest BCUT2D eigenvalue weighted by atomic mass is 10.1. The van der Waals surface area contributed by atoms with Crippen LogP contribution in [0.1, 0.15) is 47.9 Å². The minimum absolute atomic E-state index is 0.0515. The molecule has 10 nitrogen and oxygen atoms in total. The van der Waals surface area contributed by atoms with Gasteiger partial charge in [-0.25, -0.2) is 15.0 Å². The third kappa shape index (κ3) is 5.12. The first-order valence-electron chi connectivity index (χ1n) is 13.5. The topological polar surface area (TPSA) is 114 Å². The Morgan fingerprint density at radius 2 is 1.98 bits per heavy atom. The number of anilines is 3. The van der Waals surface area contributed by atoms with E-state index in [9.17, 15) is 9.59 Å². The van der Waals surface area contributed by atoms with Crippen molar-refractivity contribution in [3.05, 3.63) is 77.0 Å². The second-order valence-corrected chi connectivity index (χ2v) is 11.1. The van der Waals surface area contributed by atoms with Crippen LogP contribution in [0.5, 0.6) is 0 Å². The van der Waals surface area contributed by atoms with Gasteiger partial charge >= 0.3 is 0 Å². The van der Waals surface area contributed by atoms with Crippen LogP contribution in [0.25, 0.3) is 5.65 Å². The summed E-state index contributed by atoms with van der Waals surface area (Å²) in [5.74, 6) is 1.51. The second-order valence-electron chi connectivity index (χ2n) is 10.6. The van der Waals surface area contributed by atoms with Crippen LogP contribution >= 0.6 is 11.6 Å². The van der Waals surface area contributed by atoms with Crippen molar-refractivity contribution in [3.63, 3.8) is 0 Å². The van der Waals surface area contributed by atoms with Crippen molar-refractivity contribution in [2.45, 2.75) is 37.6 Å². The molecular weight excluding hydrogens is 530 g/mol. The van der Waals surface area contributed by atoms with Crippen molar-refractivity contribution < 1.29 is 14.3 Å². The number of carbonyl (C=O) groups excluding carboxylic acids is 2. The highest BCUT2D eigenvalue weighted by Crippen LogP contribution is 2.48. The van der Waals surface area contributed by atoms with E-state index in [0.29, 0.717) is 42.3 Å². The van der Waals surface area contributed by atoms with Gasteiger partial charge in [-0.3, -0.25) is 9.59 Å². The number of ether oxygens (including phenoxy) is 1. The summed E-state index contributed by atoms with van der Waals surface area (Å²) < 4.78 is 7.35. The Labute approximate surface area is 235 Å². The van der Waals surface area contributed by atoms with Gasteiger partial charge in [0.15, 0.2) is 5.65 Å². The molecule has 1 aliphatic heterocycles. The van der Waals surface area contributed by atoms with E-state index >= 15 is 0 Å². The van der Waals surface area contributed by atoms with E-state index in [1.165, 1.54) is 24.7 Å². The highest BCUT2D eigenvalue weighted by molar-refractivity contribution is 6.30. The fourth-order valence-corrected chi connectivity index (χ4v) is 5.56. The van der Waals surface area contributed by atoms with E-state index in [-0.39, 0.29) is 30.3 Å². The molecule has 7 rings (SSSR count). The molecule has 1 aromatic carbocycles. The molecule has 4 aromatic rings. The van der Waals surface area contributed by atoms with Crippen LogP contribution in [0.4, 0.5) is 17.3 Å². The molecular formula is C29H28ClN7O3. The summed E-state index contributed by atoms with van der Waals surface area (Å²) in [4.78, 5) is 40.6. The lowest BCUT2D eigenvalue weighted by molar-refractivity contribution is -0.125. The molecule has 0 radical (unpaired) electrons. The van der Waals surface area contributed by atoms with Gasteiger partial charge in [-0.15, -0.1) is 0 Å². The summed E-state index contributed by atoms with van der Waals surface area (Å²) in [6, 6.07) is 11.5. The number of halogens is 1. The van der Waals surface area contributed by atoms with E-state index in [0.717, 1.165) is 29.0 Å². The SMILES string of the molecule is O=C(Nc1cc(NCc2cn3cc(C4CC4)cc(N4CCOCC4=O)c3n2)ncn1)[C@@H]1C[C@H]1c1cccc(Cl)c1.